The molecule has 0 fully saturated rings. The zero-order chi connectivity index (χ0) is 31.8. The van der Waals surface area contributed by atoms with Crippen molar-refractivity contribution in [2.45, 2.75) is 67.7 Å². The van der Waals surface area contributed by atoms with Crippen molar-refractivity contribution in [3.05, 3.63) is 136 Å². The van der Waals surface area contributed by atoms with Gasteiger partial charge in [-0.25, -0.2) is 0 Å². The molecule has 0 aliphatic rings. The molecule has 0 unspecified atom stereocenters. The maximum atomic E-state index is 2.41. The maximum absolute atomic E-state index is 2.41. The molecule has 45 heavy (non-hydrogen) atoms. The highest BCUT2D eigenvalue weighted by atomic mass is 14.2. The third-order valence-electron chi connectivity index (χ3n) is 10.1. The Morgan fingerprint density at radius 3 is 1.42 bits per heavy atom. The van der Waals surface area contributed by atoms with Gasteiger partial charge >= 0.3 is 0 Å². The smallest absolute Gasteiger partial charge is 0.0657 e. The number of hydrogen-bond donors (Lipinski definition) is 0. The molecule has 0 aliphatic carbocycles. The summed E-state index contributed by atoms with van der Waals surface area (Å²) in [4.78, 5) is 0. The predicted octanol–water partition coefficient (Wildman–Crippen LogP) is 9.92. The van der Waals surface area contributed by atoms with Crippen LogP contribution in [0.15, 0.2) is 97.1 Å². The van der Waals surface area contributed by atoms with E-state index in [1.807, 2.05) is 0 Å². The average Bonchev–Trinajstić information content (AvgIpc) is 2.97. The molecule has 0 saturated heterocycles. The van der Waals surface area contributed by atoms with E-state index >= 15 is 0 Å². The first kappa shape index (κ1) is 29.4. The zero-order valence-corrected chi connectivity index (χ0v) is 28.3. The van der Waals surface area contributed by atoms with E-state index in [1.54, 1.807) is 0 Å². The fraction of sp³-hybridized carbons (Fsp3) is 0.227. The molecule has 7 rings (SSSR count). The topological polar surface area (TPSA) is 0 Å². The summed E-state index contributed by atoms with van der Waals surface area (Å²) < 4.78 is 0. The van der Waals surface area contributed by atoms with Crippen LogP contribution in [0.3, 0.4) is 0 Å². The van der Waals surface area contributed by atoms with Gasteiger partial charge in [0.15, 0.2) is 0 Å². The molecule has 0 aromatic heterocycles. The lowest BCUT2D eigenvalue weighted by molar-refractivity contribution is 0.590. The third-order valence-corrected chi connectivity index (χ3v) is 10.1. The van der Waals surface area contributed by atoms with Gasteiger partial charge in [0, 0.05) is 0 Å². The molecular weight excluding hydrogens is 539 g/mol. The molecule has 0 nitrogen and oxygen atoms in total. The van der Waals surface area contributed by atoms with E-state index in [0.717, 1.165) is 0 Å². The second-order valence-corrected chi connectivity index (χ2v) is 14.6. The van der Waals surface area contributed by atoms with Crippen molar-refractivity contribution in [3.8, 4) is 11.1 Å². The highest BCUT2D eigenvalue weighted by Crippen LogP contribution is 2.39. The summed E-state index contributed by atoms with van der Waals surface area (Å²) in [6.07, 6.45) is 0. The normalized spacial score (nSPS) is 12.1. The first-order valence-corrected chi connectivity index (χ1v) is 16.4. The summed E-state index contributed by atoms with van der Waals surface area (Å²) in [6, 6.07) is 37.5. The minimum atomic E-state index is 0.135. The van der Waals surface area contributed by atoms with E-state index in [-0.39, 0.29) is 12.1 Å². The first-order valence-electron chi connectivity index (χ1n) is 16.4. The van der Waals surface area contributed by atoms with Crippen molar-refractivity contribution in [3.63, 3.8) is 0 Å². The second kappa shape index (κ2) is 10.6. The van der Waals surface area contributed by atoms with E-state index in [9.17, 15) is 0 Å². The number of rotatable bonds is 4. The molecule has 0 amide bonds. The molecule has 0 atom stereocenters. The van der Waals surface area contributed by atoms with E-state index in [2.05, 4.69) is 159 Å². The molecule has 0 bridgehead atoms. The molecule has 0 heterocycles. The van der Waals surface area contributed by atoms with Crippen LogP contribution in [0.5, 0.6) is 0 Å². The molecule has 0 spiro atoms. The SMILES string of the molecule is Cc1cc(C)c(B(c2c(C)cc(C)cc2C)c2ccc3ccc4c(-c5ccc(C(C)(C)C)cc5)ccc5ccc2c3c54)c(C)c1. The lowest BCUT2D eigenvalue weighted by Gasteiger charge is -2.26. The van der Waals surface area contributed by atoms with Crippen LogP contribution in [-0.4, -0.2) is 6.71 Å². The van der Waals surface area contributed by atoms with Crippen LogP contribution < -0.4 is 16.4 Å². The van der Waals surface area contributed by atoms with Gasteiger partial charge in [0.2, 0.25) is 6.71 Å². The van der Waals surface area contributed by atoms with E-state index in [1.165, 1.54) is 98.8 Å². The summed E-state index contributed by atoms with van der Waals surface area (Å²) in [5.41, 5.74) is 16.4. The van der Waals surface area contributed by atoms with Crippen molar-refractivity contribution in [1.82, 2.24) is 0 Å². The van der Waals surface area contributed by atoms with Gasteiger partial charge in [0.05, 0.1) is 0 Å². The van der Waals surface area contributed by atoms with E-state index in [4.69, 9.17) is 0 Å². The van der Waals surface area contributed by atoms with Crippen molar-refractivity contribution < 1.29 is 0 Å². The molecule has 0 aliphatic heterocycles. The highest BCUT2D eigenvalue weighted by Gasteiger charge is 2.30. The Hall–Kier alpha value is -4.36. The fourth-order valence-electron chi connectivity index (χ4n) is 8.23. The monoisotopic (exact) mass is 582 g/mol. The predicted molar refractivity (Wildman–Crippen MR) is 200 cm³/mol. The lowest BCUT2D eigenvalue weighted by Crippen LogP contribution is -2.56. The van der Waals surface area contributed by atoms with E-state index < -0.39 is 0 Å². The van der Waals surface area contributed by atoms with Crippen molar-refractivity contribution in [1.29, 1.82) is 0 Å². The molecule has 0 radical (unpaired) electrons. The molecule has 7 aromatic rings. The molecule has 7 aromatic carbocycles. The summed E-state index contributed by atoms with van der Waals surface area (Å²) in [6.45, 7) is 20.6. The van der Waals surface area contributed by atoms with Crippen LogP contribution in [0.2, 0.25) is 0 Å². The Bertz CT molecular complexity index is 2140. The number of benzene rings is 7. The molecular formula is C44H43B. The summed E-state index contributed by atoms with van der Waals surface area (Å²) in [5.74, 6) is 0. The quantitative estimate of drug-likeness (QED) is 0.143. The largest absolute Gasteiger partial charge is 0.243 e. The van der Waals surface area contributed by atoms with Gasteiger partial charge in [-0.1, -0.05) is 168 Å². The first-order chi connectivity index (χ1) is 21.4. The Morgan fingerprint density at radius 2 is 0.911 bits per heavy atom. The van der Waals surface area contributed by atoms with E-state index in [0.29, 0.717) is 0 Å². The van der Waals surface area contributed by atoms with Crippen LogP contribution in [0.25, 0.3) is 43.4 Å². The van der Waals surface area contributed by atoms with Gasteiger partial charge in [0.25, 0.3) is 0 Å². The molecule has 222 valence electrons. The van der Waals surface area contributed by atoms with Gasteiger partial charge in [-0.3, -0.25) is 0 Å². The van der Waals surface area contributed by atoms with Crippen molar-refractivity contribution in [2.24, 2.45) is 0 Å². The highest BCUT2D eigenvalue weighted by molar-refractivity contribution is 6.98. The zero-order valence-electron chi connectivity index (χ0n) is 28.3. The van der Waals surface area contributed by atoms with Crippen molar-refractivity contribution >= 4 is 55.4 Å². The molecule has 0 saturated carbocycles. The Morgan fingerprint density at radius 1 is 0.467 bits per heavy atom. The Balaban J connectivity index is 1.54. The minimum absolute atomic E-state index is 0.135. The Labute approximate surface area is 269 Å². The van der Waals surface area contributed by atoms with Crippen LogP contribution in [-0.2, 0) is 5.41 Å². The summed E-state index contributed by atoms with van der Waals surface area (Å²) >= 11 is 0. The van der Waals surface area contributed by atoms with Crippen LogP contribution in [0.4, 0.5) is 0 Å². The summed E-state index contributed by atoms with van der Waals surface area (Å²) in [7, 11) is 0. The van der Waals surface area contributed by atoms with Gasteiger partial charge < -0.3 is 0 Å². The van der Waals surface area contributed by atoms with Crippen molar-refractivity contribution in [2.75, 3.05) is 0 Å². The molecule has 0 N–H and O–H groups in total. The van der Waals surface area contributed by atoms with Crippen LogP contribution in [0.1, 0.15) is 59.7 Å². The lowest BCUT2D eigenvalue weighted by atomic mass is 9.33. The molecule has 1 heteroatoms. The summed E-state index contributed by atoms with van der Waals surface area (Å²) in [5, 5.41) is 8.05. The third kappa shape index (κ3) is 4.85. The van der Waals surface area contributed by atoms with Gasteiger partial charge in [-0.15, -0.1) is 0 Å². The van der Waals surface area contributed by atoms with Crippen LogP contribution >= 0.6 is 0 Å². The second-order valence-electron chi connectivity index (χ2n) is 14.6. The Kier molecular flexibility index (Phi) is 6.93. The van der Waals surface area contributed by atoms with Gasteiger partial charge in [0.1, 0.15) is 0 Å². The average molecular weight is 583 g/mol. The fourth-order valence-corrected chi connectivity index (χ4v) is 8.23. The van der Waals surface area contributed by atoms with Crippen LogP contribution in [0, 0.1) is 41.5 Å². The number of hydrogen-bond acceptors (Lipinski definition) is 0. The van der Waals surface area contributed by atoms with Gasteiger partial charge in [-0.2, -0.15) is 0 Å². The standard InChI is InChI=1S/C44H43B/c1-26-22-28(3)42(29(4)23-26)45(43-30(5)24-27(2)25-31(43)6)39-21-15-34-13-19-37-36(32-10-16-35(17-11-32)44(7,8)9)18-12-33-14-20-38(39)41(34)40(33)37/h10-25H,1-9H3. The minimum Gasteiger partial charge on any atom is -0.0657 e. The van der Waals surface area contributed by atoms with Gasteiger partial charge in [-0.05, 0) is 96.0 Å². The number of aryl methyl sites for hydroxylation is 6. The maximum Gasteiger partial charge on any atom is 0.243 e.